The van der Waals surface area contributed by atoms with Crippen LogP contribution in [-0.2, 0) is 12.8 Å². The average molecular weight is 246 g/mol. The van der Waals surface area contributed by atoms with Crippen LogP contribution in [0.3, 0.4) is 0 Å². The van der Waals surface area contributed by atoms with Crippen LogP contribution in [0, 0.1) is 0 Å². The van der Waals surface area contributed by atoms with Crippen molar-refractivity contribution in [1.82, 2.24) is 4.90 Å². The number of hydrogen-bond donors (Lipinski definition) is 1. The summed E-state index contributed by atoms with van der Waals surface area (Å²) >= 11 is 0. The summed E-state index contributed by atoms with van der Waals surface area (Å²) in [5, 5.41) is 0. The highest BCUT2D eigenvalue weighted by Gasteiger charge is 2.39. The van der Waals surface area contributed by atoms with E-state index in [9.17, 15) is 0 Å². The quantitative estimate of drug-likeness (QED) is 0.836. The molecule has 0 saturated heterocycles. The van der Waals surface area contributed by atoms with Crippen molar-refractivity contribution < 1.29 is 0 Å². The lowest BCUT2D eigenvalue weighted by molar-refractivity contribution is 0.107. The SMILES string of the molecule is CCCCN(CC)C1(CN)Cc2ccccc2C1. The van der Waals surface area contributed by atoms with Crippen molar-refractivity contribution in [3.8, 4) is 0 Å². The third kappa shape index (κ3) is 2.45. The molecule has 1 aliphatic rings. The van der Waals surface area contributed by atoms with E-state index in [1.54, 1.807) is 0 Å². The molecular weight excluding hydrogens is 220 g/mol. The second-order valence-electron chi connectivity index (χ2n) is 5.48. The Labute approximate surface area is 111 Å². The molecule has 0 aliphatic heterocycles. The predicted octanol–water partition coefficient (Wildman–Crippen LogP) is 2.60. The third-order valence-corrected chi connectivity index (χ3v) is 4.37. The van der Waals surface area contributed by atoms with Gasteiger partial charge in [-0.15, -0.1) is 0 Å². The zero-order chi connectivity index (χ0) is 13.0. The Bertz CT molecular complexity index is 361. The molecule has 2 N–H and O–H groups in total. The Morgan fingerprint density at radius 2 is 1.78 bits per heavy atom. The van der Waals surface area contributed by atoms with Gasteiger partial charge >= 0.3 is 0 Å². The van der Waals surface area contributed by atoms with E-state index in [1.807, 2.05) is 0 Å². The van der Waals surface area contributed by atoms with E-state index in [0.717, 1.165) is 25.9 Å². The molecule has 0 aromatic heterocycles. The number of nitrogens with zero attached hydrogens (tertiary/aromatic N) is 1. The van der Waals surface area contributed by atoms with E-state index in [2.05, 4.69) is 43.0 Å². The molecule has 0 unspecified atom stereocenters. The van der Waals surface area contributed by atoms with Gasteiger partial charge in [0.2, 0.25) is 0 Å². The summed E-state index contributed by atoms with van der Waals surface area (Å²) in [6.45, 7) is 7.56. The summed E-state index contributed by atoms with van der Waals surface area (Å²) < 4.78 is 0. The van der Waals surface area contributed by atoms with Gasteiger partial charge in [0.15, 0.2) is 0 Å². The van der Waals surface area contributed by atoms with Crippen LogP contribution in [0.1, 0.15) is 37.8 Å². The van der Waals surface area contributed by atoms with E-state index in [-0.39, 0.29) is 5.54 Å². The van der Waals surface area contributed by atoms with Gasteiger partial charge in [0.05, 0.1) is 0 Å². The maximum Gasteiger partial charge on any atom is 0.0412 e. The minimum atomic E-state index is 0.174. The van der Waals surface area contributed by atoms with Gasteiger partial charge in [0.1, 0.15) is 0 Å². The lowest BCUT2D eigenvalue weighted by Crippen LogP contribution is -2.55. The van der Waals surface area contributed by atoms with Gasteiger partial charge in [0.25, 0.3) is 0 Å². The first-order valence-corrected chi connectivity index (χ1v) is 7.27. The van der Waals surface area contributed by atoms with Gasteiger partial charge in [-0.1, -0.05) is 44.5 Å². The van der Waals surface area contributed by atoms with E-state index >= 15 is 0 Å². The highest BCUT2D eigenvalue weighted by atomic mass is 15.2. The number of nitrogens with two attached hydrogens (primary N) is 1. The van der Waals surface area contributed by atoms with Crippen molar-refractivity contribution in [1.29, 1.82) is 0 Å². The van der Waals surface area contributed by atoms with Gasteiger partial charge in [-0.2, -0.15) is 0 Å². The van der Waals surface area contributed by atoms with Crippen LogP contribution < -0.4 is 5.73 Å². The fourth-order valence-electron chi connectivity index (χ4n) is 3.25. The molecule has 0 saturated carbocycles. The van der Waals surface area contributed by atoms with E-state index in [0.29, 0.717) is 0 Å². The molecule has 2 nitrogen and oxygen atoms in total. The molecule has 0 spiro atoms. The molecule has 0 heterocycles. The third-order valence-electron chi connectivity index (χ3n) is 4.37. The predicted molar refractivity (Wildman–Crippen MR) is 77.8 cm³/mol. The standard InChI is InChI=1S/C16H26N2/c1-3-5-10-18(4-2)16(13-17)11-14-8-6-7-9-15(14)12-16/h6-9H,3-5,10-13,17H2,1-2H3. The molecule has 0 fully saturated rings. The molecule has 0 atom stereocenters. The molecule has 0 amide bonds. The summed E-state index contributed by atoms with van der Waals surface area (Å²) in [4.78, 5) is 2.61. The van der Waals surface area contributed by atoms with Gasteiger partial charge in [-0.05, 0) is 43.5 Å². The molecule has 0 radical (unpaired) electrons. The molecular formula is C16H26N2. The van der Waals surface area contributed by atoms with Gasteiger partial charge < -0.3 is 5.73 Å². The smallest absolute Gasteiger partial charge is 0.0412 e. The number of benzene rings is 1. The molecule has 1 aromatic carbocycles. The summed E-state index contributed by atoms with van der Waals surface area (Å²) in [6, 6.07) is 8.82. The Morgan fingerprint density at radius 3 is 2.22 bits per heavy atom. The normalized spacial score (nSPS) is 17.1. The van der Waals surface area contributed by atoms with Crippen molar-refractivity contribution in [2.45, 2.75) is 45.1 Å². The zero-order valence-corrected chi connectivity index (χ0v) is 11.8. The lowest BCUT2D eigenvalue weighted by Gasteiger charge is -2.40. The van der Waals surface area contributed by atoms with Crippen molar-refractivity contribution in [2.75, 3.05) is 19.6 Å². The van der Waals surface area contributed by atoms with Crippen LogP contribution >= 0.6 is 0 Å². The fourth-order valence-corrected chi connectivity index (χ4v) is 3.25. The second-order valence-corrected chi connectivity index (χ2v) is 5.48. The van der Waals surface area contributed by atoms with Crippen molar-refractivity contribution in [3.05, 3.63) is 35.4 Å². The highest BCUT2D eigenvalue weighted by Crippen LogP contribution is 2.34. The van der Waals surface area contributed by atoms with Crippen LogP contribution in [0.5, 0.6) is 0 Å². The van der Waals surface area contributed by atoms with Gasteiger partial charge in [-0.3, -0.25) is 4.90 Å². The van der Waals surface area contributed by atoms with Crippen LogP contribution in [0.15, 0.2) is 24.3 Å². The minimum Gasteiger partial charge on any atom is -0.329 e. The maximum atomic E-state index is 6.15. The maximum absolute atomic E-state index is 6.15. The van der Waals surface area contributed by atoms with E-state index in [1.165, 1.54) is 30.5 Å². The van der Waals surface area contributed by atoms with Gasteiger partial charge in [-0.25, -0.2) is 0 Å². The molecule has 1 aromatic rings. The van der Waals surface area contributed by atoms with Gasteiger partial charge in [0, 0.05) is 12.1 Å². The number of likely N-dealkylation sites (N-methyl/N-ethyl adjacent to an activating group) is 1. The first-order chi connectivity index (χ1) is 8.75. The zero-order valence-electron chi connectivity index (χ0n) is 11.8. The summed E-state index contributed by atoms with van der Waals surface area (Å²) in [6.07, 6.45) is 4.77. The molecule has 100 valence electrons. The number of fused-ring (bicyclic) bond motifs is 1. The van der Waals surface area contributed by atoms with Crippen LogP contribution in [0.25, 0.3) is 0 Å². The fraction of sp³-hybridized carbons (Fsp3) is 0.625. The number of hydrogen-bond acceptors (Lipinski definition) is 2. The Hall–Kier alpha value is -0.860. The first kappa shape index (κ1) is 13.6. The van der Waals surface area contributed by atoms with E-state index < -0.39 is 0 Å². The Kier molecular flexibility index (Phi) is 4.41. The average Bonchev–Trinajstić information content (AvgIpc) is 2.79. The molecule has 1 aliphatic carbocycles. The van der Waals surface area contributed by atoms with Crippen LogP contribution in [0.4, 0.5) is 0 Å². The largest absolute Gasteiger partial charge is 0.329 e. The van der Waals surface area contributed by atoms with Crippen molar-refractivity contribution in [3.63, 3.8) is 0 Å². The van der Waals surface area contributed by atoms with Crippen LogP contribution in [-0.4, -0.2) is 30.1 Å². The molecule has 2 rings (SSSR count). The molecule has 18 heavy (non-hydrogen) atoms. The van der Waals surface area contributed by atoms with Crippen molar-refractivity contribution >= 4 is 0 Å². The topological polar surface area (TPSA) is 29.3 Å². The number of unbranched alkanes of at least 4 members (excludes halogenated alkanes) is 1. The first-order valence-electron chi connectivity index (χ1n) is 7.27. The summed E-state index contributed by atoms with van der Waals surface area (Å²) in [7, 11) is 0. The number of rotatable bonds is 6. The highest BCUT2D eigenvalue weighted by molar-refractivity contribution is 5.36. The van der Waals surface area contributed by atoms with Crippen LogP contribution in [0.2, 0.25) is 0 Å². The Morgan fingerprint density at radius 1 is 1.17 bits per heavy atom. The lowest BCUT2D eigenvalue weighted by atomic mass is 9.93. The second kappa shape index (κ2) is 5.85. The monoisotopic (exact) mass is 246 g/mol. The van der Waals surface area contributed by atoms with Crippen molar-refractivity contribution in [2.24, 2.45) is 5.73 Å². The summed E-state index contributed by atoms with van der Waals surface area (Å²) in [5.74, 6) is 0. The molecule has 0 bridgehead atoms. The summed E-state index contributed by atoms with van der Waals surface area (Å²) in [5.41, 5.74) is 9.33. The Balaban J connectivity index is 2.18. The minimum absolute atomic E-state index is 0.174. The van der Waals surface area contributed by atoms with E-state index in [4.69, 9.17) is 5.73 Å². The molecule has 2 heteroatoms.